The highest BCUT2D eigenvalue weighted by atomic mass is 16.5. The van der Waals surface area contributed by atoms with Crippen molar-refractivity contribution in [1.29, 1.82) is 0 Å². The first-order valence-electron chi connectivity index (χ1n) is 9.46. The summed E-state index contributed by atoms with van der Waals surface area (Å²) in [6.07, 6.45) is 0.870. The van der Waals surface area contributed by atoms with E-state index in [1.165, 1.54) is 0 Å². The summed E-state index contributed by atoms with van der Waals surface area (Å²) in [6, 6.07) is 15.1. The van der Waals surface area contributed by atoms with Gasteiger partial charge in [0.2, 0.25) is 0 Å². The molecule has 0 radical (unpaired) electrons. The summed E-state index contributed by atoms with van der Waals surface area (Å²) in [5.74, 6) is -0.989. The van der Waals surface area contributed by atoms with E-state index >= 15 is 0 Å². The maximum absolute atomic E-state index is 12.8. The van der Waals surface area contributed by atoms with Crippen molar-refractivity contribution in [2.24, 2.45) is 0 Å². The third kappa shape index (κ3) is 4.78. The van der Waals surface area contributed by atoms with E-state index in [4.69, 9.17) is 9.47 Å². The molecule has 1 N–H and O–H groups in total. The number of methoxy groups -OCH3 is 1. The monoisotopic (exact) mass is 392 g/mol. The van der Waals surface area contributed by atoms with Crippen LogP contribution in [0.3, 0.4) is 0 Å². The highest BCUT2D eigenvalue weighted by Crippen LogP contribution is 2.24. The van der Waals surface area contributed by atoms with Gasteiger partial charge >= 0.3 is 5.97 Å². The van der Waals surface area contributed by atoms with Crippen LogP contribution in [0.5, 0.6) is 0 Å². The van der Waals surface area contributed by atoms with Crippen LogP contribution in [0.15, 0.2) is 48.5 Å². The van der Waals surface area contributed by atoms with E-state index in [0.29, 0.717) is 16.9 Å². The fraction of sp³-hybridized carbons (Fsp3) is 0.261. The van der Waals surface area contributed by atoms with Gasteiger partial charge < -0.3 is 14.8 Å². The smallest absolute Gasteiger partial charge is 0.340 e. The topological polar surface area (TPSA) is 77.5 Å². The summed E-state index contributed by atoms with van der Waals surface area (Å²) in [4.78, 5) is 29.5. The Morgan fingerprint density at radius 3 is 2.66 bits per heavy atom. The van der Waals surface area contributed by atoms with Crippen LogP contribution in [0.25, 0.3) is 10.9 Å². The molecule has 2 aromatic carbocycles. The minimum Gasteiger partial charge on any atom is -0.452 e. The summed E-state index contributed by atoms with van der Waals surface area (Å²) in [5.41, 5.74) is 4.15. The third-order valence-electron chi connectivity index (χ3n) is 4.67. The number of esters is 1. The summed E-state index contributed by atoms with van der Waals surface area (Å²) in [6.45, 7) is 3.68. The highest BCUT2D eigenvalue weighted by molar-refractivity contribution is 6.00. The predicted molar refractivity (Wildman–Crippen MR) is 112 cm³/mol. The number of benzene rings is 2. The van der Waals surface area contributed by atoms with E-state index in [0.717, 1.165) is 28.5 Å². The summed E-state index contributed by atoms with van der Waals surface area (Å²) >= 11 is 0. The molecule has 0 saturated heterocycles. The van der Waals surface area contributed by atoms with Gasteiger partial charge in [0.05, 0.1) is 23.4 Å². The van der Waals surface area contributed by atoms with E-state index in [9.17, 15) is 9.59 Å². The number of nitrogens with one attached hydrogen (secondary N) is 1. The van der Waals surface area contributed by atoms with E-state index < -0.39 is 11.9 Å². The van der Waals surface area contributed by atoms with Crippen molar-refractivity contribution in [3.63, 3.8) is 0 Å². The molecule has 0 unspecified atom stereocenters. The largest absolute Gasteiger partial charge is 0.452 e. The molecule has 29 heavy (non-hydrogen) atoms. The van der Waals surface area contributed by atoms with E-state index in [-0.39, 0.29) is 13.2 Å². The van der Waals surface area contributed by atoms with Crippen LogP contribution in [0, 0.1) is 6.92 Å². The number of anilines is 1. The lowest BCUT2D eigenvalue weighted by atomic mass is 10.0. The first-order chi connectivity index (χ1) is 14.0. The molecule has 0 saturated carbocycles. The fourth-order valence-corrected chi connectivity index (χ4v) is 3.22. The number of hydrogen-bond donors (Lipinski definition) is 1. The molecule has 1 aromatic heterocycles. The summed E-state index contributed by atoms with van der Waals surface area (Å²) in [5, 5.41) is 3.61. The van der Waals surface area contributed by atoms with Crippen molar-refractivity contribution in [2.75, 3.05) is 19.0 Å². The second-order valence-electron chi connectivity index (χ2n) is 6.69. The standard InChI is InChI=1S/C23H24N2O4/c1-4-16-8-7-9-17(12-16)24-21(26)14-29-23(27)22-15(2)18-10-5-6-11-19(18)25-20(22)13-28-3/h5-12H,4,13-14H2,1-3H3,(H,24,26). The van der Waals surface area contributed by atoms with Crippen molar-refractivity contribution in [3.8, 4) is 0 Å². The number of aryl methyl sites for hydroxylation is 2. The van der Waals surface area contributed by atoms with Crippen LogP contribution < -0.4 is 5.32 Å². The lowest BCUT2D eigenvalue weighted by molar-refractivity contribution is -0.119. The van der Waals surface area contributed by atoms with Gasteiger partial charge in [-0.2, -0.15) is 0 Å². The van der Waals surface area contributed by atoms with E-state index in [2.05, 4.69) is 10.3 Å². The molecule has 1 heterocycles. The molecule has 0 spiro atoms. The average molecular weight is 392 g/mol. The molecule has 0 aliphatic rings. The molecule has 0 aliphatic heterocycles. The Bertz CT molecular complexity index is 1050. The van der Waals surface area contributed by atoms with Crippen LogP contribution >= 0.6 is 0 Å². The summed E-state index contributed by atoms with van der Waals surface area (Å²) < 4.78 is 10.5. The molecule has 0 fully saturated rings. The Morgan fingerprint density at radius 2 is 1.90 bits per heavy atom. The maximum atomic E-state index is 12.8. The zero-order valence-corrected chi connectivity index (χ0v) is 16.8. The molecule has 150 valence electrons. The van der Waals surface area contributed by atoms with Crippen molar-refractivity contribution < 1.29 is 19.1 Å². The molecule has 0 aliphatic carbocycles. The van der Waals surface area contributed by atoms with Crippen molar-refractivity contribution in [2.45, 2.75) is 26.9 Å². The zero-order valence-electron chi connectivity index (χ0n) is 16.8. The van der Waals surface area contributed by atoms with Crippen molar-refractivity contribution >= 4 is 28.5 Å². The minimum absolute atomic E-state index is 0.173. The minimum atomic E-state index is -0.592. The van der Waals surface area contributed by atoms with Gasteiger partial charge in [-0.15, -0.1) is 0 Å². The van der Waals surface area contributed by atoms with Crippen LogP contribution in [-0.2, 0) is 27.3 Å². The highest BCUT2D eigenvalue weighted by Gasteiger charge is 2.21. The fourth-order valence-electron chi connectivity index (χ4n) is 3.22. The first-order valence-corrected chi connectivity index (χ1v) is 9.46. The number of rotatable bonds is 7. The molecule has 1 amide bonds. The Morgan fingerprint density at radius 1 is 1.10 bits per heavy atom. The Balaban J connectivity index is 1.76. The second kappa shape index (κ2) is 9.30. The second-order valence-corrected chi connectivity index (χ2v) is 6.69. The first kappa shape index (κ1) is 20.5. The molecular weight excluding hydrogens is 368 g/mol. The lowest BCUT2D eigenvalue weighted by Gasteiger charge is -2.14. The van der Waals surface area contributed by atoms with Gasteiger partial charge in [0, 0.05) is 18.2 Å². The maximum Gasteiger partial charge on any atom is 0.340 e. The van der Waals surface area contributed by atoms with Gasteiger partial charge in [0.25, 0.3) is 5.91 Å². The van der Waals surface area contributed by atoms with Gasteiger partial charge in [-0.1, -0.05) is 37.3 Å². The number of fused-ring (bicyclic) bond motifs is 1. The number of amides is 1. The van der Waals surface area contributed by atoms with Gasteiger partial charge in [-0.05, 0) is 42.7 Å². The molecule has 6 nitrogen and oxygen atoms in total. The molecular formula is C23H24N2O4. The van der Waals surface area contributed by atoms with Crippen molar-refractivity contribution in [1.82, 2.24) is 4.98 Å². The summed E-state index contributed by atoms with van der Waals surface area (Å²) in [7, 11) is 1.54. The number of carbonyl (C=O) groups excluding carboxylic acids is 2. The van der Waals surface area contributed by atoms with E-state index in [1.54, 1.807) is 13.2 Å². The average Bonchev–Trinajstić information content (AvgIpc) is 2.72. The Kier molecular flexibility index (Phi) is 6.57. The van der Waals surface area contributed by atoms with Crippen molar-refractivity contribution in [3.05, 3.63) is 70.9 Å². The normalized spacial score (nSPS) is 10.7. The Labute approximate surface area is 169 Å². The number of aromatic nitrogens is 1. The molecule has 0 bridgehead atoms. The SMILES string of the molecule is CCc1cccc(NC(=O)COC(=O)c2c(COC)nc3ccccc3c2C)c1. The Hall–Kier alpha value is -3.25. The van der Waals surface area contributed by atoms with Gasteiger partial charge in [0.15, 0.2) is 6.61 Å². The lowest BCUT2D eigenvalue weighted by Crippen LogP contribution is -2.22. The molecule has 3 rings (SSSR count). The number of nitrogens with zero attached hydrogens (tertiary/aromatic N) is 1. The van der Waals surface area contributed by atoms with Crippen LogP contribution in [0.2, 0.25) is 0 Å². The number of ether oxygens (including phenoxy) is 2. The third-order valence-corrected chi connectivity index (χ3v) is 4.67. The molecule has 3 aromatic rings. The number of hydrogen-bond acceptors (Lipinski definition) is 5. The molecule has 6 heteroatoms. The number of para-hydroxylation sites is 1. The predicted octanol–water partition coefficient (Wildman–Crippen LogP) is 4.05. The van der Waals surface area contributed by atoms with Crippen LogP contribution in [0.1, 0.15) is 34.1 Å². The number of carbonyl (C=O) groups is 2. The van der Waals surface area contributed by atoms with E-state index in [1.807, 2.05) is 56.3 Å². The van der Waals surface area contributed by atoms with Crippen LogP contribution in [-0.4, -0.2) is 30.6 Å². The van der Waals surface area contributed by atoms with Gasteiger partial charge in [-0.25, -0.2) is 9.78 Å². The quantitative estimate of drug-likeness (QED) is 0.614. The van der Waals surface area contributed by atoms with Crippen LogP contribution in [0.4, 0.5) is 5.69 Å². The zero-order chi connectivity index (χ0) is 20.8. The van der Waals surface area contributed by atoms with Gasteiger partial charge in [-0.3, -0.25) is 4.79 Å². The number of pyridine rings is 1. The van der Waals surface area contributed by atoms with Gasteiger partial charge in [0.1, 0.15) is 0 Å². The molecule has 0 atom stereocenters.